The lowest BCUT2D eigenvalue weighted by atomic mass is 9.75. The fourth-order valence-corrected chi connectivity index (χ4v) is 4.12. The first-order valence-electron chi connectivity index (χ1n) is 9.53. The van der Waals surface area contributed by atoms with Gasteiger partial charge < -0.3 is 4.74 Å². The van der Waals surface area contributed by atoms with Crippen molar-refractivity contribution in [1.29, 1.82) is 0 Å². The highest BCUT2D eigenvalue weighted by Gasteiger charge is 2.39. The minimum atomic E-state index is -0.710. The highest BCUT2D eigenvalue weighted by molar-refractivity contribution is 6.22. The van der Waals surface area contributed by atoms with Crippen molar-refractivity contribution in [3.8, 4) is 0 Å². The molecule has 1 heterocycles. The summed E-state index contributed by atoms with van der Waals surface area (Å²) in [6.07, 6.45) is 2.61. The first kappa shape index (κ1) is 20.0. The molecule has 3 rings (SSSR count). The Bertz CT molecular complexity index is 834. The quantitative estimate of drug-likeness (QED) is 0.332. The zero-order valence-electron chi connectivity index (χ0n) is 16.2. The molecule has 0 aromatic heterocycles. The Labute approximate surface area is 163 Å². The summed E-state index contributed by atoms with van der Waals surface area (Å²) in [5, 5.41) is 10.9. The number of non-ortho nitro benzene ring substituents is 1. The van der Waals surface area contributed by atoms with E-state index in [0.717, 1.165) is 30.2 Å². The second-order valence-electron chi connectivity index (χ2n) is 8.04. The van der Waals surface area contributed by atoms with E-state index in [-0.39, 0.29) is 28.8 Å². The predicted octanol–water partition coefficient (Wildman–Crippen LogP) is 3.19. The van der Waals surface area contributed by atoms with Crippen molar-refractivity contribution in [2.75, 3.05) is 6.54 Å². The van der Waals surface area contributed by atoms with Gasteiger partial charge in [0.1, 0.15) is 12.6 Å². The number of rotatable bonds is 5. The van der Waals surface area contributed by atoms with Crippen LogP contribution in [0.3, 0.4) is 0 Å². The summed E-state index contributed by atoms with van der Waals surface area (Å²) in [4.78, 5) is 48.5. The molecule has 1 aromatic rings. The molecule has 0 radical (unpaired) electrons. The standard InChI is InChI=1S/C20H24N2O6/c1-11(2)14-6-4-12(3)8-17(14)28-18(23)10-21-19(24)15-7-5-13(22(26)27)9-16(15)20(21)25/h5,7,9,11-12,14,17H,4,6,8,10H2,1-3H3/t12-,14-,17+/m0/s1. The fourth-order valence-electron chi connectivity index (χ4n) is 4.12. The molecule has 2 aliphatic rings. The summed E-state index contributed by atoms with van der Waals surface area (Å²) in [5.41, 5.74) is -0.270. The molecule has 0 unspecified atom stereocenters. The van der Waals surface area contributed by atoms with Crippen molar-refractivity contribution in [3.05, 3.63) is 39.4 Å². The van der Waals surface area contributed by atoms with E-state index in [4.69, 9.17) is 4.74 Å². The van der Waals surface area contributed by atoms with E-state index in [1.165, 1.54) is 12.1 Å². The fraction of sp³-hybridized carbons (Fsp3) is 0.550. The van der Waals surface area contributed by atoms with E-state index in [0.29, 0.717) is 11.8 Å². The van der Waals surface area contributed by atoms with Gasteiger partial charge >= 0.3 is 5.97 Å². The van der Waals surface area contributed by atoms with Crippen LogP contribution in [0.1, 0.15) is 60.7 Å². The van der Waals surface area contributed by atoms with Gasteiger partial charge in [-0.2, -0.15) is 0 Å². The van der Waals surface area contributed by atoms with Gasteiger partial charge in [0.15, 0.2) is 0 Å². The molecule has 1 aliphatic carbocycles. The number of ether oxygens (including phenoxy) is 1. The summed E-state index contributed by atoms with van der Waals surface area (Å²) >= 11 is 0. The number of hydrogen-bond donors (Lipinski definition) is 0. The first-order chi connectivity index (χ1) is 13.2. The second kappa shape index (κ2) is 7.69. The third kappa shape index (κ3) is 3.76. The minimum absolute atomic E-state index is 0.0571. The molecule has 150 valence electrons. The zero-order chi connectivity index (χ0) is 20.6. The minimum Gasteiger partial charge on any atom is -0.461 e. The summed E-state index contributed by atoms with van der Waals surface area (Å²) in [6, 6.07) is 3.48. The molecule has 8 nitrogen and oxygen atoms in total. The van der Waals surface area contributed by atoms with E-state index in [1.54, 1.807) is 0 Å². The summed E-state index contributed by atoms with van der Waals surface area (Å²) < 4.78 is 5.66. The molecule has 1 saturated carbocycles. The van der Waals surface area contributed by atoms with Gasteiger partial charge in [-0.05, 0) is 36.7 Å². The molecule has 2 amide bonds. The Balaban J connectivity index is 1.71. The maximum Gasteiger partial charge on any atom is 0.326 e. The van der Waals surface area contributed by atoms with Gasteiger partial charge in [-0.25, -0.2) is 0 Å². The highest BCUT2D eigenvalue weighted by Crippen LogP contribution is 2.35. The Morgan fingerprint density at radius 2 is 1.93 bits per heavy atom. The average molecular weight is 388 g/mol. The van der Waals surface area contributed by atoms with Gasteiger partial charge in [0.2, 0.25) is 0 Å². The SMILES string of the molecule is CC(C)[C@@H]1CC[C@H](C)C[C@H]1OC(=O)CN1C(=O)c2ccc([N+](=O)[O-])cc2C1=O. The number of nitrogens with zero attached hydrogens (tertiary/aromatic N) is 2. The normalized spacial score (nSPS) is 24.4. The number of benzene rings is 1. The van der Waals surface area contributed by atoms with Crippen LogP contribution in [-0.4, -0.2) is 40.3 Å². The summed E-state index contributed by atoms with van der Waals surface area (Å²) in [7, 11) is 0. The highest BCUT2D eigenvalue weighted by atomic mass is 16.6. The monoisotopic (exact) mass is 388 g/mol. The van der Waals surface area contributed by atoms with Crippen molar-refractivity contribution in [2.24, 2.45) is 17.8 Å². The van der Waals surface area contributed by atoms with Gasteiger partial charge in [0.25, 0.3) is 17.5 Å². The number of fused-ring (bicyclic) bond motifs is 1. The number of amides is 2. The van der Waals surface area contributed by atoms with E-state index in [2.05, 4.69) is 20.8 Å². The molecule has 3 atom stereocenters. The lowest BCUT2D eigenvalue weighted by Gasteiger charge is -2.36. The van der Waals surface area contributed by atoms with Crippen LogP contribution in [0.4, 0.5) is 5.69 Å². The molecular weight excluding hydrogens is 364 g/mol. The molecule has 8 heteroatoms. The first-order valence-corrected chi connectivity index (χ1v) is 9.53. The average Bonchev–Trinajstić information content (AvgIpc) is 2.86. The Morgan fingerprint density at radius 1 is 1.25 bits per heavy atom. The van der Waals surface area contributed by atoms with Crippen LogP contribution >= 0.6 is 0 Å². The molecule has 0 spiro atoms. The summed E-state index contributed by atoms with van der Waals surface area (Å²) in [5.74, 6) is -0.904. The number of carbonyl (C=O) groups excluding carboxylic acids is 3. The van der Waals surface area contributed by atoms with Crippen LogP contribution in [0.2, 0.25) is 0 Å². The van der Waals surface area contributed by atoms with Crippen LogP contribution in [-0.2, 0) is 9.53 Å². The maximum atomic E-state index is 12.5. The molecule has 1 aliphatic heterocycles. The number of esters is 1. The number of nitro benzene ring substituents is 1. The Hall–Kier alpha value is -2.77. The van der Waals surface area contributed by atoms with Gasteiger partial charge in [-0.3, -0.25) is 29.4 Å². The van der Waals surface area contributed by atoms with Gasteiger partial charge in [0, 0.05) is 12.1 Å². The zero-order valence-corrected chi connectivity index (χ0v) is 16.2. The molecule has 0 bridgehead atoms. The molecule has 0 N–H and O–H groups in total. The van der Waals surface area contributed by atoms with Crippen LogP contribution in [0.5, 0.6) is 0 Å². The van der Waals surface area contributed by atoms with Crippen LogP contribution in [0.15, 0.2) is 18.2 Å². The van der Waals surface area contributed by atoms with Gasteiger partial charge in [-0.15, -0.1) is 0 Å². The molecule has 28 heavy (non-hydrogen) atoms. The lowest BCUT2D eigenvalue weighted by Crippen LogP contribution is -2.40. The van der Waals surface area contributed by atoms with Crippen molar-refractivity contribution < 1.29 is 24.0 Å². The molecular formula is C20H24N2O6. The van der Waals surface area contributed by atoms with E-state index >= 15 is 0 Å². The lowest BCUT2D eigenvalue weighted by molar-refractivity contribution is -0.384. The Kier molecular flexibility index (Phi) is 5.49. The van der Waals surface area contributed by atoms with E-state index in [1.807, 2.05) is 0 Å². The number of hydrogen-bond acceptors (Lipinski definition) is 6. The third-order valence-electron chi connectivity index (χ3n) is 5.70. The Morgan fingerprint density at radius 3 is 2.57 bits per heavy atom. The molecule has 0 saturated heterocycles. The van der Waals surface area contributed by atoms with Crippen molar-refractivity contribution >= 4 is 23.5 Å². The van der Waals surface area contributed by atoms with Crippen molar-refractivity contribution in [1.82, 2.24) is 4.90 Å². The van der Waals surface area contributed by atoms with Crippen molar-refractivity contribution in [3.63, 3.8) is 0 Å². The van der Waals surface area contributed by atoms with Gasteiger partial charge in [-0.1, -0.05) is 27.2 Å². The smallest absolute Gasteiger partial charge is 0.326 e. The molecule has 1 fully saturated rings. The topological polar surface area (TPSA) is 107 Å². The maximum absolute atomic E-state index is 12.5. The van der Waals surface area contributed by atoms with Gasteiger partial charge in [0.05, 0.1) is 16.1 Å². The van der Waals surface area contributed by atoms with Crippen LogP contribution < -0.4 is 0 Å². The summed E-state index contributed by atoms with van der Waals surface area (Å²) in [6.45, 7) is 5.82. The van der Waals surface area contributed by atoms with E-state index < -0.39 is 29.3 Å². The predicted molar refractivity (Wildman–Crippen MR) is 99.7 cm³/mol. The van der Waals surface area contributed by atoms with Crippen LogP contribution in [0, 0.1) is 27.9 Å². The van der Waals surface area contributed by atoms with Crippen molar-refractivity contribution in [2.45, 2.75) is 46.1 Å². The molecule has 1 aromatic carbocycles. The van der Waals surface area contributed by atoms with Crippen LogP contribution in [0.25, 0.3) is 0 Å². The number of carbonyl (C=O) groups is 3. The number of imide groups is 1. The second-order valence-corrected chi connectivity index (χ2v) is 8.04. The largest absolute Gasteiger partial charge is 0.461 e. The third-order valence-corrected chi connectivity index (χ3v) is 5.70. The van der Waals surface area contributed by atoms with E-state index in [9.17, 15) is 24.5 Å². The number of nitro groups is 1.